The van der Waals surface area contributed by atoms with E-state index in [2.05, 4.69) is 9.97 Å². The fourth-order valence-electron chi connectivity index (χ4n) is 2.57. The largest absolute Gasteiger partial charge is 0.495 e. The Morgan fingerprint density at radius 1 is 1.14 bits per heavy atom. The number of hydrogen-bond acceptors (Lipinski definition) is 5. The third-order valence-corrected chi connectivity index (χ3v) is 3.65. The van der Waals surface area contributed by atoms with Gasteiger partial charge in [0.2, 0.25) is 0 Å². The smallest absolute Gasteiger partial charge is 0.163 e. The van der Waals surface area contributed by atoms with E-state index in [0.717, 1.165) is 33.9 Å². The highest BCUT2D eigenvalue weighted by Gasteiger charge is 2.15. The molecule has 22 heavy (non-hydrogen) atoms. The number of H-pyrrole nitrogens is 1. The second-order valence-electron chi connectivity index (χ2n) is 5.06. The van der Waals surface area contributed by atoms with Crippen molar-refractivity contribution in [2.75, 3.05) is 26.1 Å². The SMILES string of the molecule is COc1ccc(-c2nc3cc4c(cc3[nH]2)OCCO4)cc1N. The number of anilines is 1. The summed E-state index contributed by atoms with van der Waals surface area (Å²) in [5.74, 6) is 2.86. The molecule has 0 unspecified atom stereocenters. The second-order valence-corrected chi connectivity index (χ2v) is 5.06. The Morgan fingerprint density at radius 3 is 2.64 bits per heavy atom. The van der Waals surface area contributed by atoms with E-state index in [9.17, 15) is 0 Å². The molecule has 0 fully saturated rings. The highest BCUT2D eigenvalue weighted by atomic mass is 16.6. The summed E-state index contributed by atoms with van der Waals surface area (Å²) in [6, 6.07) is 9.38. The zero-order chi connectivity index (χ0) is 15.1. The van der Waals surface area contributed by atoms with Gasteiger partial charge in [-0.2, -0.15) is 0 Å². The van der Waals surface area contributed by atoms with Crippen LogP contribution in [0.25, 0.3) is 22.4 Å². The average Bonchev–Trinajstić information content (AvgIpc) is 2.95. The minimum Gasteiger partial charge on any atom is -0.495 e. The number of aromatic nitrogens is 2. The number of nitrogens with two attached hydrogens (primary N) is 1. The molecular formula is C16H15N3O3. The summed E-state index contributed by atoms with van der Waals surface area (Å²) in [4.78, 5) is 7.88. The van der Waals surface area contributed by atoms with Gasteiger partial charge in [-0.15, -0.1) is 0 Å². The maximum absolute atomic E-state index is 5.96. The van der Waals surface area contributed by atoms with E-state index in [0.29, 0.717) is 24.7 Å². The summed E-state index contributed by atoms with van der Waals surface area (Å²) < 4.78 is 16.3. The van der Waals surface area contributed by atoms with Gasteiger partial charge in [-0.05, 0) is 18.2 Å². The summed E-state index contributed by atoms with van der Waals surface area (Å²) in [6.07, 6.45) is 0. The Morgan fingerprint density at radius 2 is 1.91 bits per heavy atom. The van der Waals surface area contributed by atoms with Crippen LogP contribution in [0.2, 0.25) is 0 Å². The van der Waals surface area contributed by atoms with Crippen LogP contribution in [0.3, 0.4) is 0 Å². The first-order valence-electron chi connectivity index (χ1n) is 6.98. The predicted octanol–water partition coefficient (Wildman–Crippen LogP) is 2.59. The van der Waals surface area contributed by atoms with Crippen LogP contribution < -0.4 is 19.9 Å². The first kappa shape index (κ1) is 12.8. The standard InChI is InChI=1S/C16H15N3O3/c1-20-13-3-2-9(6-10(13)17)16-18-11-7-14-15(8-12(11)19-16)22-5-4-21-14/h2-3,6-8H,4-5,17H2,1H3,(H,18,19). The van der Waals surface area contributed by atoms with Crippen LogP contribution in [-0.4, -0.2) is 30.3 Å². The van der Waals surface area contributed by atoms with E-state index in [-0.39, 0.29) is 0 Å². The van der Waals surface area contributed by atoms with Crippen molar-refractivity contribution < 1.29 is 14.2 Å². The van der Waals surface area contributed by atoms with Gasteiger partial charge in [-0.25, -0.2) is 4.98 Å². The average molecular weight is 297 g/mol. The summed E-state index contributed by atoms with van der Waals surface area (Å²) in [6.45, 7) is 1.12. The molecule has 0 saturated heterocycles. The van der Waals surface area contributed by atoms with Crippen molar-refractivity contribution in [1.82, 2.24) is 9.97 Å². The number of ether oxygens (including phenoxy) is 3. The van der Waals surface area contributed by atoms with Gasteiger partial charge < -0.3 is 24.9 Å². The fourth-order valence-corrected chi connectivity index (χ4v) is 2.57. The first-order chi connectivity index (χ1) is 10.7. The van der Waals surface area contributed by atoms with Crippen molar-refractivity contribution in [2.24, 2.45) is 0 Å². The van der Waals surface area contributed by atoms with Gasteiger partial charge in [-0.3, -0.25) is 0 Å². The Labute approximate surface area is 126 Å². The normalized spacial score (nSPS) is 13.3. The number of imidazole rings is 1. The maximum atomic E-state index is 5.96. The molecule has 4 rings (SSSR count). The minimum absolute atomic E-state index is 0.560. The number of nitrogens with one attached hydrogen (secondary N) is 1. The number of benzene rings is 2. The van der Waals surface area contributed by atoms with E-state index >= 15 is 0 Å². The van der Waals surface area contributed by atoms with Crippen LogP contribution in [0.15, 0.2) is 30.3 Å². The number of methoxy groups -OCH3 is 1. The van der Waals surface area contributed by atoms with Gasteiger partial charge in [0.15, 0.2) is 11.5 Å². The minimum atomic E-state index is 0.560. The van der Waals surface area contributed by atoms with Crippen molar-refractivity contribution in [3.8, 4) is 28.6 Å². The number of aromatic amines is 1. The highest BCUT2D eigenvalue weighted by molar-refractivity contribution is 5.83. The Kier molecular flexibility index (Phi) is 2.82. The summed E-state index contributed by atoms with van der Waals surface area (Å²) >= 11 is 0. The first-order valence-corrected chi connectivity index (χ1v) is 6.98. The molecule has 1 aliphatic rings. The molecule has 2 aromatic carbocycles. The molecule has 0 saturated carbocycles. The van der Waals surface area contributed by atoms with Crippen LogP contribution >= 0.6 is 0 Å². The summed E-state index contributed by atoms with van der Waals surface area (Å²) in [5.41, 5.74) is 9.15. The predicted molar refractivity (Wildman–Crippen MR) is 83.5 cm³/mol. The molecule has 0 atom stereocenters. The number of hydrogen-bond donors (Lipinski definition) is 2. The molecular weight excluding hydrogens is 282 g/mol. The quantitative estimate of drug-likeness (QED) is 0.710. The third kappa shape index (κ3) is 2.00. The monoisotopic (exact) mass is 297 g/mol. The van der Waals surface area contributed by atoms with E-state index in [1.807, 2.05) is 30.3 Å². The number of nitrogen functional groups attached to an aromatic ring is 1. The Bertz CT molecular complexity index is 814. The van der Waals surface area contributed by atoms with E-state index in [1.165, 1.54) is 0 Å². The lowest BCUT2D eigenvalue weighted by Gasteiger charge is -2.17. The van der Waals surface area contributed by atoms with Gasteiger partial charge in [-0.1, -0.05) is 0 Å². The summed E-state index contributed by atoms with van der Waals surface area (Å²) in [7, 11) is 1.59. The molecule has 112 valence electrons. The fraction of sp³-hybridized carbons (Fsp3) is 0.188. The Hall–Kier alpha value is -2.89. The maximum Gasteiger partial charge on any atom is 0.163 e. The topological polar surface area (TPSA) is 82.4 Å². The van der Waals surface area contributed by atoms with Crippen LogP contribution in [-0.2, 0) is 0 Å². The van der Waals surface area contributed by atoms with Crippen molar-refractivity contribution in [2.45, 2.75) is 0 Å². The van der Waals surface area contributed by atoms with Gasteiger partial charge in [0.25, 0.3) is 0 Å². The summed E-state index contributed by atoms with van der Waals surface area (Å²) in [5, 5.41) is 0. The van der Waals surface area contributed by atoms with Crippen LogP contribution in [0, 0.1) is 0 Å². The van der Waals surface area contributed by atoms with E-state index < -0.39 is 0 Å². The molecule has 0 radical (unpaired) electrons. The van der Waals surface area contributed by atoms with Crippen molar-refractivity contribution >= 4 is 16.7 Å². The van der Waals surface area contributed by atoms with Gasteiger partial charge >= 0.3 is 0 Å². The van der Waals surface area contributed by atoms with Gasteiger partial charge in [0.05, 0.1) is 23.8 Å². The zero-order valence-electron chi connectivity index (χ0n) is 12.1. The second kappa shape index (κ2) is 4.84. The van der Waals surface area contributed by atoms with Gasteiger partial charge in [0.1, 0.15) is 24.8 Å². The molecule has 6 heteroatoms. The molecule has 6 nitrogen and oxygen atoms in total. The van der Waals surface area contributed by atoms with E-state index in [1.54, 1.807) is 7.11 Å². The Balaban J connectivity index is 1.80. The lowest BCUT2D eigenvalue weighted by molar-refractivity contribution is 0.172. The molecule has 0 bridgehead atoms. The molecule has 0 spiro atoms. The van der Waals surface area contributed by atoms with E-state index in [4.69, 9.17) is 19.9 Å². The molecule has 1 aromatic heterocycles. The van der Waals surface area contributed by atoms with Crippen LogP contribution in [0.1, 0.15) is 0 Å². The number of fused-ring (bicyclic) bond motifs is 2. The number of rotatable bonds is 2. The molecule has 0 amide bonds. The number of nitrogens with zero attached hydrogens (tertiary/aromatic N) is 1. The lowest BCUT2D eigenvalue weighted by Crippen LogP contribution is -2.15. The molecule has 2 heterocycles. The van der Waals surface area contributed by atoms with Gasteiger partial charge in [0, 0.05) is 17.7 Å². The third-order valence-electron chi connectivity index (χ3n) is 3.65. The zero-order valence-corrected chi connectivity index (χ0v) is 12.1. The van der Waals surface area contributed by atoms with Crippen molar-refractivity contribution in [3.63, 3.8) is 0 Å². The molecule has 0 aliphatic carbocycles. The lowest BCUT2D eigenvalue weighted by atomic mass is 10.2. The highest BCUT2D eigenvalue weighted by Crippen LogP contribution is 2.35. The van der Waals surface area contributed by atoms with Crippen LogP contribution in [0.4, 0.5) is 5.69 Å². The van der Waals surface area contributed by atoms with Crippen molar-refractivity contribution in [1.29, 1.82) is 0 Å². The molecule has 3 aromatic rings. The molecule has 3 N–H and O–H groups in total. The van der Waals surface area contributed by atoms with Crippen LogP contribution in [0.5, 0.6) is 17.2 Å². The molecule has 1 aliphatic heterocycles. The van der Waals surface area contributed by atoms with Crippen molar-refractivity contribution in [3.05, 3.63) is 30.3 Å².